The van der Waals surface area contributed by atoms with Crippen LogP contribution >= 0.6 is 0 Å². The normalized spacial score (nSPS) is 15.7. The minimum absolute atomic E-state index is 0.00316. The Bertz CT molecular complexity index is 1910. The van der Waals surface area contributed by atoms with Crippen molar-refractivity contribution in [1.29, 1.82) is 0 Å². The second-order valence-electron chi connectivity index (χ2n) is 19.5. The van der Waals surface area contributed by atoms with Crippen LogP contribution in [0.1, 0.15) is 232 Å². The maximum absolute atomic E-state index is 13.1. The van der Waals surface area contributed by atoms with Crippen LogP contribution in [-0.4, -0.2) is 11.6 Å². The summed E-state index contributed by atoms with van der Waals surface area (Å²) in [6.07, 6.45) is 44.2. The number of rotatable bonds is 30. The molecule has 346 valence electrons. The fourth-order valence-corrected chi connectivity index (χ4v) is 8.24. The standard InChI is InChI=1S/C61H90O2/c1-46(2)24-15-25-47(3)26-16-27-48(4)28-17-29-49(5)30-18-31-50(6)32-19-33-51(7)34-20-35-52(8)36-21-37-53(9)38-22-39-54(10)40-23-41-55(11)44-45-57-56(12)60(62)58-42-13-14-43-59(58)61(57)63/h13-14,24,26,28,30,32,34,36,38,42-44,54H,15-23,25,27,29,31,33,35,37,39-41,45H2,1-12H3/b47-26+,48-28+,49-30+,50-32+,51-34+,52-36+,53-38+,55-44+. The van der Waals surface area contributed by atoms with Gasteiger partial charge in [0.25, 0.3) is 0 Å². The Morgan fingerprint density at radius 3 is 1.14 bits per heavy atom. The van der Waals surface area contributed by atoms with Gasteiger partial charge in [-0.15, -0.1) is 0 Å². The summed E-state index contributed by atoms with van der Waals surface area (Å²) in [5, 5.41) is 0. The van der Waals surface area contributed by atoms with Crippen LogP contribution in [0.25, 0.3) is 0 Å². The first-order chi connectivity index (χ1) is 30.1. The van der Waals surface area contributed by atoms with Crippen molar-refractivity contribution in [3.05, 3.63) is 151 Å². The van der Waals surface area contributed by atoms with E-state index < -0.39 is 0 Å². The summed E-state index contributed by atoms with van der Waals surface area (Å²) < 4.78 is 0. The van der Waals surface area contributed by atoms with Crippen LogP contribution in [0.5, 0.6) is 0 Å². The van der Waals surface area contributed by atoms with Gasteiger partial charge in [0.15, 0.2) is 11.6 Å². The van der Waals surface area contributed by atoms with Crippen molar-refractivity contribution in [1.82, 2.24) is 0 Å². The Labute approximate surface area is 388 Å². The molecule has 63 heavy (non-hydrogen) atoms. The summed E-state index contributed by atoms with van der Waals surface area (Å²) in [7, 11) is 0. The van der Waals surface area contributed by atoms with Crippen molar-refractivity contribution in [2.24, 2.45) is 5.92 Å². The van der Waals surface area contributed by atoms with Gasteiger partial charge >= 0.3 is 0 Å². The highest BCUT2D eigenvalue weighted by atomic mass is 16.1. The van der Waals surface area contributed by atoms with E-state index in [1.54, 1.807) is 19.1 Å². The number of fused-ring (bicyclic) bond motifs is 1. The number of benzene rings is 1. The van der Waals surface area contributed by atoms with Crippen molar-refractivity contribution >= 4 is 11.6 Å². The zero-order valence-electron chi connectivity index (χ0n) is 42.5. The molecule has 0 heterocycles. The lowest BCUT2D eigenvalue weighted by Crippen LogP contribution is -2.20. The van der Waals surface area contributed by atoms with Gasteiger partial charge in [-0.05, 0) is 204 Å². The molecule has 1 atom stereocenters. The van der Waals surface area contributed by atoms with Crippen molar-refractivity contribution in [2.75, 3.05) is 0 Å². The average Bonchev–Trinajstić information content (AvgIpc) is 3.22. The van der Waals surface area contributed by atoms with Crippen molar-refractivity contribution in [3.63, 3.8) is 0 Å². The SMILES string of the molecule is CC(C)=CCC/C(C)=C/CC/C(C)=C/CC/C(C)=C/CC/C(C)=C/CC/C(C)=C/CC/C(C)=C/CC/C(C)=C/CCC(C)CCC/C(C)=C/CC1=C(C)C(=O)c2ccccc2C1=O. The summed E-state index contributed by atoms with van der Waals surface area (Å²) in [5.74, 6) is 0.684. The van der Waals surface area contributed by atoms with E-state index >= 15 is 0 Å². The fraction of sp³-hybridized carbons (Fsp3) is 0.541. The van der Waals surface area contributed by atoms with Crippen LogP contribution < -0.4 is 0 Å². The minimum Gasteiger partial charge on any atom is -0.289 e. The van der Waals surface area contributed by atoms with Gasteiger partial charge in [-0.1, -0.05) is 142 Å². The number of ketones is 2. The van der Waals surface area contributed by atoms with Crippen molar-refractivity contribution in [3.8, 4) is 0 Å². The van der Waals surface area contributed by atoms with Crippen molar-refractivity contribution < 1.29 is 9.59 Å². The topological polar surface area (TPSA) is 34.1 Å². The van der Waals surface area contributed by atoms with Crippen LogP contribution in [0.2, 0.25) is 0 Å². The molecule has 2 nitrogen and oxygen atoms in total. The minimum atomic E-state index is -0.0137. The highest BCUT2D eigenvalue weighted by Gasteiger charge is 2.28. The van der Waals surface area contributed by atoms with Crippen LogP contribution in [0.4, 0.5) is 0 Å². The summed E-state index contributed by atoms with van der Waals surface area (Å²) >= 11 is 0. The summed E-state index contributed by atoms with van der Waals surface area (Å²) in [6, 6.07) is 7.19. The number of Topliss-reactive ketones (excluding diaryl/α,β-unsaturated/α-hetero) is 2. The molecular formula is C61H90O2. The first-order valence-corrected chi connectivity index (χ1v) is 24.8. The van der Waals surface area contributed by atoms with E-state index in [2.05, 4.69) is 131 Å². The molecule has 0 aliphatic heterocycles. The molecule has 0 fully saturated rings. The molecule has 0 amide bonds. The van der Waals surface area contributed by atoms with E-state index in [1.807, 2.05) is 12.1 Å². The number of carbonyl (C=O) groups is 2. The third kappa shape index (κ3) is 24.6. The smallest absolute Gasteiger partial charge is 0.190 e. The van der Waals surface area contributed by atoms with Crippen LogP contribution in [0, 0.1) is 5.92 Å². The van der Waals surface area contributed by atoms with Crippen LogP contribution in [0.15, 0.2) is 140 Å². The number of hydrogen-bond donors (Lipinski definition) is 0. The molecule has 1 aromatic carbocycles. The molecule has 2 heteroatoms. The molecule has 0 saturated carbocycles. The molecule has 0 aromatic heterocycles. The van der Waals surface area contributed by atoms with Gasteiger partial charge in [0, 0.05) is 22.3 Å². The number of allylic oxidation sites excluding steroid dienone is 20. The molecule has 0 N–H and O–H groups in total. The van der Waals surface area contributed by atoms with Gasteiger partial charge in [-0.2, -0.15) is 0 Å². The van der Waals surface area contributed by atoms with Crippen LogP contribution in [-0.2, 0) is 0 Å². The van der Waals surface area contributed by atoms with E-state index in [9.17, 15) is 9.59 Å². The average molecular weight is 855 g/mol. The largest absolute Gasteiger partial charge is 0.289 e. The lowest BCUT2D eigenvalue weighted by molar-refractivity contribution is 0.0973. The predicted octanol–water partition coefficient (Wildman–Crippen LogP) is 19.4. The quantitative estimate of drug-likeness (QED) is 0.0723. The van der Waals surface area contributed by atoms with Gasteiger partial charge < -0.3 is 0 Å². The molecule has 0 radical (unpaired) electrons. The van der Waals surface area contributed by atoms with Gasteiger partial charge in [0.2, 0.25) is 0 Å². The van der Waals surface area contributed by atoms with Gasteiger partial charge in [0.1, 0.15) is 0 Å². The van der Waals surface area contributed by atoms with Gasteiger partial charge in [0.05, 0.1) is 0 Å². The Hall–Kier alpha value is -4.04. The summed E-state index contributed by atoms with van der Waals surface area (Å²) in [4.78, 5) is 25.9. The summed E-state index contributed by atoms with van der Waals surface area (Å²) in [6.45, 7) is 26.7. The lowest BCUT2D eigenvalue weighted by atomic mass is 9.83. The molecule has 2 rings (SSSR count). The molecule has 1 unspecified atom stereocenters. The molecule has 0 saturated heterocycles. The molecular weight excluding hydrogens is 765 g/mol. The van der Waals surface area contributed by atoms with E-state index in [0.717, 1.165) is 83.5 Å². The van der Waals surface area contributed by atoms with Gasteiger partial charge in [-0.25, -0.2) is 0 Å². The fourth-order valence-electron chi connectivity index (χ4n) is 8.24. The van der Waals surface area contributed by atoms with E-state index in [1.165, 1.54) is 88.7 Å². The number of carbonyl (C=O) groups excluding carboxylic acids is 2. The molecule has 0 spiro atoms. The monoisotopic (exact) mass is 855 g/mol. The summed E-state index contributed by atoms with van der Waals surface area (Å²) in [5.41, 5.74) is 15.7. The predicted molar refractivity (Wildman–Crippen MR) is 279 cm³/mol. The zero-order valence-corrected chi connectivity index (χ0v) is 42.5. The van der Waals surface area contributed by atoms with Gasteiger partial charge in [-0.3, -0.25) is 9.59 Å². The maximum Gasteiger partial charge on any atom is 0.190 e. The Balaban J connectivity index is 1.56. The first kappa shape index (κ1) is 55.1. The van der Waals surface area contributed by atoms with Crippen LogP contribution in [0.3, 0.4) is 0 Å². The van der Waals surface area contributed by atoms with E-state index in [-0.39, 0.29) is 11.6 Å². The molecule has 1 aliphatic rings. The first-order valence-electron chi connectivity index (χ1n) is 24.8. The zero-order chi connectivity index (χ0) is 46.6. The maximum atomic E-state index is 13.1. The third-order valence-corrected chi connectivity index (χ3v) is 12.8. The van der Waals surface area contributed by atoms with E-state index in [4.69, 9.17) is 0 Å². The Kier molecular flexibility index (Phi) is 27.8. The van der Waals surface area contributed by atoms with Crippen molar-refractivity contribution in [2.45, 2.75) is 212 Å². The highest BCUT2D eigenvalue weighted by Crippen LogP contribution is 2.29. The second kappa shape index (κ2) is 31.7. The Morgan fingerprint density at radius 1 is 0.429 bits per heavy atom. The molecule has 0 bridgehead atoms. The highest BCUT2D eigenvalue weighted by molar-refractivity contribution is 6.26. The molecule has 1 aliphatic carbocycles. The second-order valence-corrected chi connectivity index (χ2v) is 19.5. The van der Waals surface area contributed by atoms with E-state index in [0.29, 0.717) is 34.6 Å². The number of hydrogen-bond acceptors (Lipinski definition) is 2. The lowest BCUT2D eigenvalue weighted by Gasteiger charge is -2.18. The Morgan fingerprint density at radius 2 is 0.762 bits per heavy atom. The molecule has 1 aromatic rings. The third-order valence-electron chi connectivity index (χ3n) is 12.8.